The van der Waals surface area contributed by atoms with Crippen molar-refractivity contribution < 1.29 is 13.9 Å². The number of benzene rings is 1. The molecule has 1 rings (SSSR count). The fourth-order valence-electron chi connectivity index (χ4n) is 1.71. The summed E-state index contributed by atoms with van der Waals surface area (Å²) in [5.41, 5.74) is 2.01. The highest BCUT2D eigenvalue weighted by atomic mass is 19.1. The van der Waals surface area contributed by atoms with Crippen molar-refractivity contribution in [2.24, 2.45) is 0 Å². The van der Waals surface area contributed by atoms with Gasteiger partial charge in [-0.2, -0.15) is 0 Å². The molecule has 3 nitrogen and oxygen atoms in total. The van der Waals surface area contributed by atoms with E-state index in [1.165, 1.54) is 12.1 Å². The Morgan fingerprint density at radius 2 is 2.22 bits per heavy atom. The third-order valence-electron chi connectivity index (χ3n) is 2.79. The van der Waals surface area contributed by atoms with Crippen molar-refractivity contribution in [2.45, 2.75) is 33.2 Å². The van der Waals surface area contributed by atoms with Gasteiger partial charge >= 0.3 is 5.97 Å². The molecule has 0 heterocycles. The summed E-state index contributed by atoms with van der Waals surface area (Å²) in [6.45, 7) is 6.49. The van der Waals surface area contributed by atoms with Gasteiger partial charge in [-0.1, -0.05) is 6.07 Å². The zero-order valence-electron chi connectivity index (χ0n) is 11.1. The summed E-state index contributed by atoms with van der Waals surface area (Å²) < 4.78 is 17.8. The summed E-state index contributed by atoms with van der Waals surface area (Å²) in [7, 11) is 0. The highest BCUT2D eigenvalue weighted by Crippen LogP contribution is 2.10. The summed E-state index contributed by atoms with van der Waals surface area (Å²) >= 11 is 0. The molecule has 0 amide bonds. The maximum atomic E-state index is 12.9. The molecule has 1 N–H and O–H groups in total. The lowest BCUT2D eigenvalue weighted by Gasteiger charge is -2.13. The van der Waals surface area contributed by atoms with Gasteiger partial charge in [0.25, 0.3) is 0 Å². The number of hydrogen-bond acceptors (Lipinski definition) is 3. The van der Waals surface area contributed by atoms with Crippen LogP contribution in [-0.2, 0) is 16.0 Å². The number of rotatable bonds is 6. The van der Waals surface area contributed by atoms with Crippen molar-refractivity contribution in [3.8, 4) is 0 Å². The van der Waals surface area contributed by atoms with Crippen LogP contribution in [0.15, 0.2) is 18.2 Å². The fourth-order valence-corrected chi connectivity index (χ4v) is 1.71. The number of nitrogens with one attached hydrogen (secondary N) is 1. The maximum absolute atomic E-state index is 12.9. The normalized spacial score (nSPS) is 12.2. The Bertz CT molecular complexity index is 407. The van der Waals surface area contributed by atoms with Gasteiger partial charge < -0.3 is 10.1 Å². The van der Waals surface area contributed by atoms with Crippen LogP contribution in [0.25, 0.3) is 0 Å². The van der Waals surface area contributed by atoms with E-state index >= 15 is 0 Å². The molecule has 0 saturated carbocycles. The van der Waals surface area contributed by atoms with Crippen LogP contribution in [0, 0.1) is 12.7 Å². The lowest BCUT2D eigenvalue weighted by molar-refractivity contribution is -0.145. The predicted octanol–water partition coefficient (Wildman–Crippen LogP) is 2.22. The average Bonchev–Trinajstić information content (AvgIpc) is 2.32. The monoisotopic (exact) mass is 253 g/mol. The molecule has 0 aromatic heterocycles. The minimum absolute atomic E-state index is 0.218. The number of halogens is 1. The van der Waals surface area contributed by atoms with E-state index in [4.69, 9.17) is 4.74 Å². The van der Waals surface area contributed by atoms with E-state index in [-0.39, 0.29) is 17.8 Å². The average molecular weight is 253 g/mol. The van der Waals surface area contributed by atoms with Crippen LogP contribution in [0.1, 0.15) is 25.0 Å². The highest BCUT2D eigenvalue weighted by molar-refractivity contribution is 5.75. The molecule has 0 saturated heterocycles. The molecule has 4 heteroatoms. The molecule has 0 aliphatic heterocycles. The molecule has 1 aromatic carbocycles. The van der Waals surface area contributed by atoms with Crippen molar-refractivity contribution in [1.29, 1.82) is 0 Å². The van der Waals surface area contributed by atoms with Crippen LogP contribution >= 0.6 is 0 Å². The number of esters is 1. The second-order valence-corrected chi connectivity index (χ2v) is 4.25. The second kappa shape index (κ2) is 7.11. The van der Waals surface area contributed by atoms with Crippen LogP contribution < -0.4 is 5.32 Å². The number of hydrogen-bond donors (Lipinski definition) is 1. The Labute approximate surface area is 107 Å². The van der Waals surface area contributed by atoms with Gasteiger partial charge in [0.15, 0.2) is 0 Å². The van der Waals surface area contributed by atoms with Crippen molar-refractivity contribution in [3.05, 3.63) is 35.1 Å². The zero-order valence-corrected chi connectivity index (χ0v) is 11.1. The van der Waals surface area contributed by atoms with Crippen LogP contribution in [0.3, 0.4) is 0 Å². The molecule has 1 atom stereocenters. The Balaban J connectivity index is 2.39. The standard InChI is InChI=1S/C14H20FNO2/c1-4-18-14(17)11(3)16-8-7-12-5-6-13(15)9-10(12)2/h5-6,9,11,16H,4,7-8H2,1-3H3. The zero-order chi connectivity index (χ0) is 13.5. The predicted molar refractivity (Wildman–Crippen MR) is 68.9 cm³/mol. The van der Waals surface area contributed by atoms with Crippen LogP contribution in [0.4, 0.5) is 4.39 Å². The number of ether oxygens (including phenoxy) is 1. The Hall–Kier alpha value is -1.42. The molecule has 0 spiro atoms. The van der Waals surface area contributed by atoms with Gasteiger partial charge in [0.05, 0.1) is 6.61 Å². The number of aryl methyl sites for hydroxylation is 1. The third-order valence-corrected chi connectivity index (χ3v) is 2.79. The van der Waals surface area contributed by atoms with E-state index in [1.54, 1.807) is 19.9 Å². The van der Waals surface area contributed by atoms with Gasteiger partial charge in [-0.25, -0.2) is 4.39 Å². The summed E-state index contributed by atoms with van der Waals surface area (Å²) in [4.78, 5) is 11.4. The minimum atomic E-state index is -0.314. The van der Waals surface area contributed by atoms with Gasteiger partial charge in [-0.05, 0) is 57.0 Å². The van der Waals surface area contributed by atoms with E-state index in [9.17, 15) is 9.18 Å². The van der Waals surface area contributed by atoms with Crippen molar-refractivity contribution in [1.82, 2.24) is 5.32 Å². The molecule has 0 radical (unpaired) electrons. The SMILES string of the molecule is CCOC(=O)C(C)NCCc1ccc(F)cc1C. The highest BCUT2D eigenvalue weighted by Gasteiger charge is 2.12. The van der Waals surface area contributed by atoms with Gasteiger partial charge in [0, 0.05) is 0 Å². The fraction of sp³-hybridized carbons (Fsp3) is 0.500. The first-order valence-electron chi connectivity index (χ1n) is 6.19. The summed E-state index contributed by atoms with van der Waals surface area (Å²) in [5, 5.41) is 3.09. The van der Waals surface area contributed by atoms with Gasteiger partial charge in [-0.3, -0.25) is 4.79 Å². The molecule has 0 fully saturated rings. The summed E-state index contributed by atoms with van der Waals surface area (Å²) in [5.74, 6) is -0.461. The van der Waals surface area contributed by atoms with Crippen molar-refractivity contribution in [3.63, 3.8) is 0 Å². The molecule has 0 aliphatic carbocycles. The molecule has 0 aliphatic rings. The Morgan fingerprint density at radius 3 is 2.83 bits per heavy atom. The molecule has 100 valence electrons. The van der Waals surface area contributed by atoms with Crippen LogP contribution in [0.5, 0.6) is 0 Å². The van der Waals surface area contributed by atoms with Gasteiger partial charge in [0.2, 0.25) is 0 Å². The molecular formula is C14H20FNO2. The summed E-state index contributed by atoms with van der Waals surface area (Å²) in [6, 6.07) is 4.44. The van der Waals surface area contributed by atoms with Crippen LogP contribution in [0.2, 0.25) is 0 Å². The maximum Gasteiger partial charge on any atom is 0.322 e. The topological polar surface area (TPSA) is 38.3 Å². The van der Waals surface area contributed by atoms with Crippen LogP contribution in [-0.4, -0.2) is 25.2 Å². The quantitative estimate of drug-likeness (QED) is 0.790. The van der Waals surface area contributed by atoms with E-state index in [0.717, 1.165) is 17.5 Å². The van der Waals surface area contributed by atoms with E-state index in [1.807, 2.05) is 6.92 Å². The minimum Gasteiger partial charge on any atom is -0.465 e. The molecule has 0 bridgehead atoms. The first kappa shape index (κ1) is 14.6. The number of carbonyl (C=O) groups excluding carboxylic acids is 1. The summed E-state index contributed by atoms with van der Waals surface area (Å²) in [6.07, 6.45) is 0.760. The van der Waals surface area contributed by atoms with Gasteiger partial charge in [0.1, 0.15) is 11.9 Å². The van der Waals surface area contributed by atoms with E-state index in [2.05, 4.69) is 5.32 Å². The number of carbonyl (C=O) groups is 1. The van der Waals surface area contributed by atoms with Crippen molar-refractivity contribution >= 4 is 5.97 Å². The Kier molecular flexibility index (Phi) is 5.78. The van der Waals surface area contributed by atoms with E-state index in [0.29, 0.717) is 13.2 Å². The molecular weight excluding hydrogens is 233 g/mol. The largest absolute Gasteiger partial charge is 0.465 e. The third kappa shape index (κ3) is 4.45. The smallest absolute Gasteiger partial charge is 0.322 e. The van der Waals surface area contributed by atoms with Gasteiger partial charge in [-0.15, -0.1) is 0 Å². The van der Waals surface area contributed by atoms with E-state index < -0.39 is 0 Å². The lowest BCUT2D eigenvalue weighted by Crippen LogP contribution is -2.36. The molecule has 1 unspecified atom stereocenters. The second-order valence-electron chi connectivity index (χ2n) is 4.25. The lowest BCUT2D eigenvalue weighted by atomic mass is 10.1. The first-order valence-corrected chi connectivity index (χ1v) is 6.19. The first-order chi connectivity index (χ1) is 8.54. The van der Waals surface area contributed by atoms with Crippen molar-refractivity contribution in [2.75, 3.05) is 13.2 Å². The molecule has 18 heavy (non-hydrogen) atoms. The Morgan fingerprint density at radius 1 is 1.50 bits per heavy atom. The molecule has 1 aromatic rings.